The van der Waals surface area contributed by atoms with Crippen molar-refractivity contribution in [1.82, 2.24) is 59.8 Å². The maximum atomic E-state index is 13.2. The lowest BCUT2D eigenvalue weighted by Crippen LogP contribution is -2.56. The quantitative estimate of drug-likeness (QED) is 0.0237. The summed E-state index contributed by atoms with van der Waals surface area (Å²) in [6, 6.07) is 60.8. The van der Waals surface area contributed by atoms with Crippen LogP contribution in [0.3, 0.4) is 0 Å². The van der Waals surface area contributed by atoms with Crippen molar-refractivity contribution in [1.29, 1.82) is 0 Å². The van der Waals surface area contributed by atoms with Crippen LogP contribution in [-0.4, -0.2) is 122 Å². The first-order valence-corrected chi connectivity index (χ1v) is 42.8. The van der Waals surface area contributed by atoms with Gasteiger partial charge >= 0.3 is 0 Å². The second-order valence-electron chi connectivity index (χ2n) is 31.2. The highest BCUT2D eigenvalue weighted by Gasteiger charge is 2.45. The van der Waals surface area contributed by atoms with E-state index >= 15 is 0 Å². The molecule has 0 radical (unpaired) electrons. The average Bonchev–Trinajstić information content (AvgIpc) is 1.64. The Balaban J connectivity index is 0.000000122. The van der Waals surface area contributed by atoms with E-state index in [0.717, 1.165) is 165 Å². The van der Waals surface area contributed by atoms with E-state index in [-0.39, 0.29) is 42.9 Å². The summed E-state index contributed by atoms with van der Waals surface area (Å²) in [6.07, 6.45) is 29.6. The number of rotatable bonds is 21. The molecule has 2 aliphatic rings. The fourth-order valence-electron chi connectivity index (χ4n) is 15.2. The number of aryl methyl sites for hydroxylation is 1. The van der Waals surface area contributed by atoms with Gasteiger partial charge in [-0.05, 0) is 197 Å². The van der Waals surface area contributed by atoms with Crippen molar-refractivity contribution in [3.8, 4) is 44.5 Å². The van der Waals surface area contributed by atoms with E-state index in [1.807, 2.05) is 177 Å². The molecule has 2 fully saturated rings. The van der Waals surface area contributed by atoms with E-state index in [1.54, 1.807) is 49.1 Å². The second-order valence-corrected chi connectivity index (χ2v) is 32.0. The van der Waals surface area contributed by atoms with Crippen LogP contribution in [0.25, 0.3) is 120 Å². The predicted molar refractivity (Wildman–Crippen MR) is 527 cm³/mol. The fraction of sp³-hybridized carbons (Fsp3) is 0.115. The van der Waals surface area contributed by atoms with Gasteiger partial charge in [0.25, 0.3) is 5.92 Å². The Hall–Kier alpha value is -16.7. The number of carbonyl (C=O) groups is 4. The molecule has 29 heteroatoms. The molecular formula is C104H88Cl2F2N20O5. The number of aromatic amines is 6. The van der Waals surface area contributed by atoms with Crippen molar-refractivity contribution >= 4 is 147 Å². The molecule has 2 aliphatic heterocycles. The van der Waals surface area contributed by atoms with Gasteiger partial charge in [-0.15, -0.1) is 0 Å². The van der Waals surface area contributed by atoms with Crippen LogP contribution in [0, 0.1) is 20.1 Å². The summed E-state index contributed by atoms with van der Waals surface area (Å²) in [5.74, 6) is -3.61. The first-order valence-electron chi connectivity index (χ1n) is 42.0. The number of H-pyrrole nitrogens is 6. The molecule has 1 unspecified atom stereocenters. The van der Waals surface area contributed by atoms with Crippen molar-refractivity contribution in [2.24, 2.45) is 0 Å². The summed E-state index contributed by atoms with van der Waals surface area (Å²) < 4.78 is 31.9. The molecular weight excluding hydrogens is 1720 g/mol. The summed E-state index contributed by atoms with van der Waals surface area (Å²) in [7, 11) is 1.73. The Labute approximate surface area is 773 Å². The zero-order chi connectivity index (χ0) is 93.1. The molecule has 12 aromatic heterocycles. The highest BCUT2D eigenvalue weighted by molar-refractivity contribution is 6.36. The van der Waals surface area contributed by atoms with Gasteiger partial charge in [-0.25, -0.2) is 51.8 Å². The normalized spacial score (nSPS) is 12.6. The fourth-order valence-corrected chi connectivity index (χ4v) is 15.6. The number of methoxy groups -OCH3 is 1. The molecule has 0 spiro atoms. The van der Waals surface area contributed by atoms with E-state index in [0.29, 0.717) is 40.2 Å². The third-order valence-corrected chi connectivity index (χ3v) is 22.5. The van der Waals surface area contributed by atoms with Crippen molar-refractivity contribution in [2.45, 2.75) is 51.4 Å². The molecule has 4 amide bonds. The minimum Gasteiger partial charge on any atom is -0.362 e. The standard InChI is InChI=1S/C20H20N4O2.C19H16F2N4O.C17H15N3.C16H12ClN3O.C16H12ClN3.C16H13N3O/c1-3-18(25)23-15-6-4-5-13(9-15)14-10-16-17(12-22-20(16)21-11-14)24-8-7-19(24)26-2;1-2-17(26)24-14-5-3-4-12(6-14)13-7-15-16(9-23-18(15)22-8-13)25-10-19(20,21)11-25;1-12-9-19-17-16(12)8-15(11-20-17)7-13-4-3-5-14(6-13)10-18-2;1-2-15(21)20-12-5-3-4-10(6-12)11-7-13-14(17)9-19-16(13)18-8-11;1-18-8-12-4-2-3-11(5-12)6-13-7-14-15(17)10-20-16(14)19-9-13;1-2-15(20)19-14-5-3-4-11(9-14)13-8-12-6-7-17-16(12)18-10-13/h3-6,9-12,19H,1,7-8H2,2H3,(H,21,22)(H,23,25);2-9H,1,10-11H2,(H,22,23)(H,24,26);3-6,8-9,11H,7,10H2,1H3,(H,19,20);2-9H,1H2,(H,18,19)(H,20,21);2-5,7,9-10H,6,8H2,(H,19,20);2-10H,1H2,(H,17,18)(H,19,20). The smallest absolute Gasteiger partial charge is 0.282 e. The minimum absolute atomic E-state index is 0.120. The Kier molecular flexibility index (Phi) is 28.8. The highest BCUT2D eigenvalue weighted by atomic mass is 35.5. The van der Waals surface area contributed by atoms with Crippen LogP contribution in [0.5, 0.6) is 0 Å². The summed E-state index contributed by atoms with van der Waals surface area (Å²) in [6.45, 7) is 31.0. The molecule has 0 saturated carbocycles. The molecule has 10 N–H and O–H groups in total. The predicted octanol–water partition coefficient (Wildman–Crippen LogP) is 22.8. The third kappa shape index (κ3) is 22.7. The zero-order valence-electron chi connectivity index (χ0n) is 72.2. The lowest BCUT2D eigenvalue weighted by molar-refractivity contribution is -0.112. The number of ether oxygens (including phenoxy) is 1. The Morgan fingerprint density at radius 1 is 0.436 bits per heavy atom. The molecule has 133 heavy (non-hydrogen) atoms. The topological polar surface area (TPSA) is 313 Å². The second kappa shape index (κ2) is 42.0. The SMILES string of the molecule is C=CC(=O)Nc1cccc(-c2cnc3[nH]cc(Cl)c3c2)c1.C=CC(=O)Nc1cccc(-c2cnc3[nH]cc(N4CC(F)(F)C4)c3c2)c1.C=CC(=O)Nc1cccc(-c2cnc3[nH]cc(N4CCC4OC)c3c2)c1.C=CC(=O)Nc1cccc(-c2cnc3[nH]ccc3c2)c1.[C-]#[N+]Cc1cccc(Cc2cnc3[nH]cc(C)c3c2)c1.[C-]#[N+]Cc1cccc(Cc2cnc3[nH]cc(Cl)c3c2)c1. The van der Waals surface area contributed by atoms with Crippen LogP contribution in [0.2, 0.25) is 10.0 Å². The van der Waals surface area contributed by atoms with Gasteiger partial charge in [0.05, 0.1) is 34.5 Å². The van der Waals surface area contributed by atoms with Gasteiger partial charge in [-0.1, -0.05) is 134 Å². The van der Waals surface area contributed by atoms with Gasteiger partial charge in [-0.3, -0.25) is 19.2 Å². The highest BCUT2D eigenvalue weighted by Crippen LogP contribution is 2.40. The minimum atomic E-state index is -2.63. The van der Waals surface area contributed by atoms with Crippen LogP contribution < -0.4 is 31.1 Å². The number of pyridine rings is 6. The number of anilines is 6. The van der Waals surface area contributed by atoms with E-state index in [9.17, 15) is 28.0 Å². The summed E-state index contributed by atoms with van der Waals surface area (Å²) in [5, 5.41) is 18.2. The van der Waals surface area contributed by atoms with Crippen LogP contribution in [0.1, 0.15) is 45.4 Å². The molecule has 18 aromatic rings. The largest absolute Gasteiger partial charge is 0.362 e. The van der Waals surface area contributed by atoms with Crippen molar-refractivity contribution in [3.05, 3.63) is 385 Å². The van der Waals surface area contributed by atoms with Crippen molar-refractivity contribution in [3.63, 3.8) is 0 Å². The summed E-state index contributed by atoms with van der Waals surface area (Å²) >= 11 is 12.2. The van der Waals surface area contributed by atoms with Gasteiger partial charge in [0.2, 0.25) is 36.7 Å². The van der Waals surface area contributed by atoms with Crippen LogP contribution in [0.4, 0.5) is 42.9 Å². The Bertz CT molecular complexity index is 7330. The molecule has 20 rings (SSSR count). The maximum absolute atomic E-state index is 13.2. The number of aromatic nitrogens is 12. The van der Waals surface area contributed by atoms with Crippen LogP contribution >= 0.6 is 23.2 Å². The number of nitrogens with zero attached hydrogens (tertiary/aromatic N) is 10. The Morgan fingerprint density at radius 2 is 0.805 bits per heavy atom. The monoisotopic (exact) mass is 1800 g/mol. The molecule has 14 heterocycles. The molecule has 2 saturated heterocycles. The number of fused-ring (bicyclic) bond motifs is 6. The molecule has 0 bridgehead atoms. The number of benzene rings is 6. The number of hydrogen-bond acceptors (Lipinski definition) is 13. The third-order valence-electron chi connectivity index (χ3n) is 21.9. The molecule has 0 aliphatic carbocycles. The molecule has 25 nitrogen and oxygen atoms in total. The number of halogens is 4. The number of carbonyl (C=O) groups excluding carboxylic acids is 4. The van der Waals surface area contributed by atoms with Gasteiger partial charge in [0.15, 0.2) is 0 Å². The molecule has 6 aromatic carbocycles. The first kappa shape index (κ1) is 91.0. The number of amides is 4. The summed E-state index contributed by atoms with van der Waals surface area (Å²) in [4.78, 5) is 101. The molecule has 1 atom stereocenters. The van der Waals surface area contributed by atoms with Gasteiger partial charge in [0.1, 0.15) is 40.1 Å². The van der Waals surface area contributed by atoms with Crippen LogP contribution in [-0.2, 0) is 49.8 Å². The van der Waals surface area contributed by atoms with E-state index in [4.69, 9.17) is 41.1 Å². The van der Waals surface area contributed by atoms with Gasteiger partial charge in [-0.2, -0.15) is 0 Å². The maximum Gasteiger partial charge on any atom is 0.282 e. The Morgan fingerprint density at radius 3 is 1.23 bits per heavy atom. The van der Waals surface area contributed by atoms with E-state index in [1.165, 1.54) is 51.9 Å². The average molecular weight is 1810 g/mol. The molecule has 662 valence electrons. The first-order chi connectivity index (χ1) is 64.6. The van der Waals surface area contributed by atoms with E-state index < -0.39 is 5.92 Å². The summed E-state index contributed by atoms with van der Waals surface area (Å²) in [5.41, 5.74) is 25.1. The van der Waals surface area contributed by atoms with Crippen molar-refractivity contribution in [2.75, 3.05) is 57.8 Å². The lowest BCUT2D eigenvalue weighted by Gasteiger charge is -2.41. The zero-order valence-corrected chi connectivity index (χ0v) is 73.7. The van der Waals surface area contributed by atoms with E-state index in [2.05, 4.69) is 177 Å². The van der Waals surface area contributed by atoms with Gasteiger partial charge < -0.3 is 75.4 Å². The van der Waals surface area contributed by atoms with Crippen LogP contribution in [0.15, 0.2) is 313 Å². The lowest BCUT2D eigenvalue weighted by atomic mass is 10.0. The number of nitrogens with one attached hydrogen (secondary N) is 10. The number of alkyl halides is 2. The van der Waals surface area contributed by atoms with Crippen molar-refractivity contribution < 1.29 is 32.7 Å². The van der Waals surface area contributed by atoms with Gasteiger partial charge in [0, 0.05) is 183 Å². The number of hydrogen-bond donors (Lipinski definition) is 10.